The molecule has 0 bridgehead atoms. The van der Waals surface area contributed by atoms with Crippen LogP contribution < -0.4 is 10.6 Å². The van der Waals surface area contributed by atoms with Crippen molar-refractivity contribution >= 4 is 12.1 Å². The van der Waals surface area contributed by atoms with Crippen molar-refractivity contribution in [1.82, 2.24) is 25.3 Å². The highest BCUT2D eigenvalue weighted by Crippen LogP contribution is 2.12. The second-order valence-corrected chi connectivity index (χ2v) is 7.08. The molecule has 0 radical (unpaired) electrons. The standard InChI is InChI=1S/C17H30N6O2/c1-5-18-15(19-9-12-23-10-6-8-20-23)22-11-7-14(13-22)21-16(24)25-17(2,3)4/h6,8,10,14H,5,7,9,11-13H2,1-4H3,(H,18,19)(H,21,24). The van der Waals surface area contributed by atoms with Crippen molar-refractivity contribution in [2.24, 2.45) is 4.99 Å². The van der Waals surface area contributed by atoms with Crippen LogP contribution in [0.4, 0.5) is 4.79 Å². The van der Waals surface area contributed by atoms with Crippen LogP contribution in [0.3, 0.4) is 0 Å². The minimum atomic E-state index is -0.481. The number of hydrogen-bond acceptors (Lipinski definition) is 4. The number of aromatic nitrogens is 2. The first kappa shape index (κ1) is 19.1. The van der Waals surface area contributed by atoms with Gasteiger partial charge in [-0.25, -0.2) is 4.79 Å². The van der Waals surface area contributed by atoms with Gasteiger partial charge in [0.05, 0.1) is 19.1 Å². The van der Waals surface area contributed by atoms with E-state index in [0.717, 1.165) is 38.6 Å². The van der Waals surface area contributed by atoms with Crippen LogP contribution in [0.2, 0.25) is 0 Å². The fraction of sp³-hybridized carbons (Fsp3) is 0.706. The van der Waals surface area contributed by atoms with Gasteiger partial charge in [-0.15, -0.1) is 0 Å². The summed E-state index contributed by atoms with van der Waals surface area (Å²) < 4.78 is 7.19. The first-order chi connectivity index (χ1) is 11.9. The summed E-state index contributed by atoms with van der Waals surface area (Å²) in [4.78, 5) is 18.8. The first-order valence-corrected chi connectivity index (χ1v) is 8.87. The number of likely N-dealkylation sites (tertiary alicyclic amines) is 1. The first-order valence-electron chi connectivity index (χ1n) is 8.87. The Kier molecular flexibility index (Phi) is 6.66. The second kappa shape index (κ2) is 8.73. The molecule has 1 aromatic heterocycles. The van der Waals surface area contributed by atoms with Crippen LogP contribution in [-0.4, -0.2) is 64.6 Å². The van der Waals surface area contributed by atoms with Gasteiger partial charge in [0, 0.05) is 32.0 Å². The zero-order chi connectivity index (χ0) is 18.3. The quantitative estimate of drug-likeness (QED) is 0.620. The summed E-state index contributed by atoms with van der Waals surface area (Å²) in [7, 11) is 0. The van der Waals surface area contributed by atoms with E-state index in [2.05, 4.69) is 32.5 Å². The van der Waals surface area contributed by atoms with Crippen LogP contribution in [0.15, 0.2) is 23.5 Å². The van der Waals surface area contributed by atoms with Crippen molar-refractivity contribution in [3.05, 3.63) is 18.5 Å². The number of carbonyl (C=O) groups is 1. The Hall–Kier alpha value is -2.25. The SMILES string of the molecule is CCNC(=NCCn1cccn1)N1CCC(NC(=O)OC(C)(C)C)C1. The van der Waals surface area contributed by atoms with Crippen LogP contribution >= 0.6 is 0 Å². The average Bonchev–Trinajstić information content (AvgIpc) is 3.16. The summed E-state index contributed by atoms with van der Waals surface area (Å²) in [5, 5.41) is 10.4. The molecule has 1 fully saturated rings. The summed E-state index contributed by atoms with van der Waals surface area (Å²) in [5.41, 5.74) is -0.481. The molecule has 0 aromatic carbocycles. The third-order valence-electron chi connectivity index (χ3n) is 3.69. The Balaban J connectivity index is 1.84. The van der Waals surface area contributed by atoms with Crippen molar-refractivity contribution in [3.8, 4) is 0 Å². The van der Waals surface area contributed by atoms with Crippen molar-refractivity contribution in [2.75, 3.05) is 26.2 Å². The van der Waals surface area contributed by atoms with E-state index in [9.17, 15) is 4.79 Å². The average molecular weight is 350 g/mol. The van der Waals surface area contributed by atoms with E-state index < -0.39 is 5.60 Å². The molecular weight excluding hydrogens is 320 g/mol. The normalized spacial score (nSPS) is 18.3. The van der Waals surface area contributed by atoms with Crippen molar-refractivity contribution < 1.29 is 9.53 Å². The Morgan fingerprint density at radius 3 is 2.88 bits per heavy atom. The highest BCUT2D eigenvalue weighted by atomic mass is 16.6. The molecule has 1 saturated heterocycles. The number of nitrogens with zero attached hydrogens (tertiary/aromatic N) is 4. The fourth-order valence-electron chi connectivity index (χ4n) is 2.66. The molecule has 1 amide bonds. The summed E-state index contributed by atoms with van der Waals surface area (Å²) in [6.45, 7) is 11.4. The topological polar surface area (TPSA) is 83.8 Å². The highest BCUT2D eigenvalue weighted by Gasteiger charge is 2.27. The number of rotatable bonds is 5. The van der Waals surface area contributed by atoms with Crippen molar-refractivity contribution in [1.29, 1.82) is 0 Å². The van der Waals surface area contributed by atoms with E-state index in [0.29, 0.717) is 6.54 Å². The Morgan fingerprint density at radius 1 is 1.44 bits per heavy atom. The summed E-state index contributed by atoms with van der Waals surface area (Å²) >= 11 is 0. The van der Waals surface area contributed by atoms with Crippen LogP contribution in [0.5, 0.6) is 0 Å². The van der Waals surface area contributed by atoms with Crippen LogP contribution in [-0.2, 0) is 11.3 Å². The van der Waals surface area contributed by atoms with Gasteiger partial charge in [0.25, 0.3) is 0 Å². The monoisotopic (exact) mass is 350 g/mol. The molecule has 1 aromatic rings. The molecule has 2 N–H and O–H groups in total. The maximum absolute atomic E-state index is 11.9. The minimum Gasteiger partial charge on any atom is -0.444 e. The smallest absolute Gasteiger partial charge is 0.407 e. The molecule has 0 aliphatic carbocycles. The maximum atomic E-state index is 11.9. The third-order valence-corrected chi connectivity index (χ3v) is 3.69. The number of aliphatic imine (C=N–C) groups is 1. The van der Waals surface area contributed by atoms with E-state index >= 15 is 0 Å². The summed E-state index contributed by atoms with van der Waals surface area (Å²) in [5.74, 6) is 0.878. The number of alkyl carbamates (subject to hydrolysis) is 1. The van der Waals surface area contributed by atoms with Crippen LogP contribution in [0.25, 0.3) is 0 Å². The third kappa shape index (κ3) is 6.64. The molecule has 1 atom stereocenters. The molecule has 140 valence electrons. The van der Waals surface area contributed by atoms with E-state index in [1.807, 2.05) is 37.7 Å². The number of carbonyl (C=O) groups excluding carboxylic acids is 1. The molecule has 1 aliphatic rings. The van der Waals surface area contributed by atoms with Gasteiger partial charge in [-0.05, 0) is 40.2 Å². The zero-order valence-corrected chi connectivity index (χ0v) is 15.7. The van der Waals surface area contributed by atoms with Gasteiger partial charge in [0.15, 0.2) is 5.96 Å². The Labute approximate surface area is 149 Å². The molecular formula is C17H30N6O2. The summed E-state index contributed by atoms with van der Waals surface area (Å²) in [6.07, 6.45) is 4.21. The lowest BCUT2D eigenvalue weighted by atomic mass is 10.2. The summed E-state index contributed by atoms with van der Waals surface area (Å²) in [6, 6.07) is 1.98. The molecule has 8 heteroatoms. The number of guanidine groups is 1. The van der Waals surface area contributed by atoms with Crippen LogP contribution in [0, 0.1) is 0 Å². The van der Waals surface area contributed by atoms with Gasteiger partial charge < -0.3 is 20.3 Å². The van der Waals surface area contributed by atoms with Gasteiger partial charge in [-0.2, -0.15) is 5.10 Å². The minimum absolute atomic E-state index is 0.0739. The number of hydrogen-bond donors (Lipinski definition) is 2. The molecule has 2 heterocycles. The van der Waals surface area contributed by atoms with E-state index in [1.54, 1.807) is 6.20 Å². The zero-order valence-electron chi connectivity index (χ0n) is 15.7. The number of nitrogens with one attached hydrogen (secondary N) is 2. The van der Waals surface area contributed by atoms with E-state index in [1.165, 1.54) is 0 Å². The maximum Gasteiger partial charge on any atom is 0.407 e. The molecule has 0 spiro atoms. The van der Waals surface area contributed by atoms with Gasteiger partial charge in [0.1, 0.15) is 5.60 Å². The second-order valence-electron chi connectivity index (χ2n) is 7.08. The van der Waals surface area contributed by atoms with Gasteiger partial charge in [-0.1, -0.05) is 0 Å². The molecule has 1 unspecified atom stereocenters. The van der Waals surface area contributed by atoms with Crippen molar-refractivity contribution in [3.63, 3.8) is 0 Å². The van der Waals surface area contributed by atoms with E-state index in [-0.39, 0.29) is 12.1 Å². The number of amides is 1. The lowest BCUT2D eigenvalue weighted by Gasteiger charge is -2.23. The van der Waals surface area contributed by atoms with Crippen molar-refractivity contribution in [2.45, 2.75) is 52.3 Å². The molecule has 1 aliphatic heterocycles. The largest absolute Gasteiger partial charge is 0.444 e. The van der Waals surface area contributed by atoms with Gasteiger partial charge in [0.2, 0.25) is 0 Å². The van der Waals surface area contributed by atoms with Crippen LogP contribution in [0.1, 0.15) is 34.1 Å². The Bertz CT molecular complexity index is 564. The fourth-order valence-corrected chi connectivity index (χ4v) is 2.66. The molecule has 0 saturated carbocycles. The van der Waals surface area contributed by atoms with E-state index in [4.69, 9.17) is 4.74 Å². The lowest BCUT2D eigenvalue weighted by Crippen LogP contribution is -2.44. The molecule has 2 rings (SSSR count). The molecule has 8 nitrogen and oxygen atoms in total. The predicted octanol–water partition coefficient (Wildman–Crippen LogP) is 1.45. The van der Waals surface area contributed by atoms with Gasteiger partial charge in [-0.3, -0.25) is 9.67 Å². The predicted molar refractivity (Wildman–Crippen MR) is 97.6 cm³/mol. The Morgan fingerprint density at radius 2 is 2.24 bits per heavy atom. The van der Waals surface area contributed by atoms with Gasteiger partial charge >= 0.3 is 6.09 Å². The number of ether oxygens (including phenoxy) is 1. The molecule has 25 heavy (non-hydrogen) atoms. The highest BCUT2D eigenvalue weighted by molar-refractivity contribution is 5.80. The lowest BCUT2D eigenvalue weighted by molar-refractivity contribution is 0.0507.